The fourth-order valence-corrected chi connectivity index (χ4v) is 3.56. The van der Waals surface area contributed by atoms with Crippen LogP contribution in [0.2, 0.25) is 0 Å². The molecular formula is C21H28O6. The molecule has 0 spiro atoms. The van der Waals surface area contributed by atoms with Crippen LogP contribution in [0.1, 0.15) is 83.9 Å². The van der Waals surface area contributed by atoms with E-state index in [2.05, 4.69) is 0 Å². The number of fused-ring (bicyclic) bond motifs is 1. The van der Waals surface area contributed by atoms with Crippen LogP contribution in [0.4, 0.5) is 0 Å². The molecule has 0 heterocycles. The van der Waals surface area contributed by atoms with E-state index in [0.717, 1.165) is 36.0 Å². The van der Waals surface area contributed by atoms with Crippen molar-refractivity contribution in [3.8, 4) is 0 Å². The Balaban J connectivity index is 2.68. The molecule has 1 atom stereocenters. The van der Waals surface area contributed by atoms with Crippen molar-refractivity contribution in [2.45, 2.75) is 59.3 Å². The highest BCUT2D eigenvalue weighted by Crippen LogP contribution is 2.35. The van der Waals surface area contributed by atoms with Gasteiger partial charge in [-0.1, -0.05) is 0 Å². The van der Waals surface area contributed by atoms with E-state index in [9.17, 15) is 14.4 Å². The predicted molar refractivity (Wildman–Crippen MR) is 100 cm³/mol. The van der Waals surface area contributed by atoms with Crippen molar-refractivity contribution in [1.82, 2.24) is 0 Å². The van der Waals surface area contributed by atoms with Crippen LogP contribution in [0, 0.1) is 0 Å². The molecule has 1 aliphatic carbocycles. The Kier molecular flexibility index (Phi) is 7.39. The Labute approximate surface area is 160 Å². The molecular weight excluding hydrogens is 348 g/mol. The molecule has 0 saturated carbocycles. The van der Waals surface area contributed by atoms with Gasteiger partial charge < -0.3 is 14.2 Å². The van der Waals surface area contributed by atoms with Crippen LogP contribution in [0.25, 0.3) is 0 Å². The fraction of sp³-hybridized carbons (Fsp3) is 0.571. The van der Waals surface area contributed by atoms with Gasteiger partial charge in [-0.2, -0.15) is 0 Å². The van der Waals surface area contributed by atoms with Crippen LogP contribution in [-0.4, -0.2) is 37.7 Å². The van der Waals surface area contributed by atoms with E-state index < -0.39 is 17.9 Å². The lowest BCUT2D eigenvalue weighted by Gasteiger charge is -2.26. The van der Waals surface area contributed by atoms with Crippen LogP contribution in [0.5, 0.6) is 0 Å². The largest absolute Gasteiger partial charge is 0.466 e. The molecule has 1 aromatic rings. The normalized spacial score (nSPS) is 14.1. The molecule has 1 aliphatic rings. The molecule has 6 nitrogen and oxygen atoms in total. The maximum atomic E-state index is 12.6. The second kappa shape index (κ2) is 9.53. The number of benzene rings is 1. The summed E-state index contributed by atoms with van der Waals surface area (Å²) in [5.41, 5.74) is 2.94. The van der Waals surface area contributed by atoms with Gasteiger partial charge in [-0.15, -0.1) is 0 Å². The first kappa shape index (κ1) is 20.9. The molecule has 27 heavy (non-hydrogen) atoms. The van der Waals surface area contributed by atoms with Crippen molar-refractivity contribution in [2.75, 3.05) is 19.8 Å². The highest BCUT2D eigenvalue weighted by Gasteiger charge is 2.32. The van der Waals surface area contributed by atoms with Gasteiger partial charge in [0, 0.05) is 0 Å². The lowest BCUT2D eigenvalue weighted by atomic mass is 9.79. The monoisotopic (exact) mass is 376 g/mol. The number of ether oxygens (including phenoxy) is 3. The molecule has 0 amide bonds. The van der Waals surface area contributed by atoms with Gasteiger partial charge in [0.1, 0.15) is 0 Å². The summed E-state index contributed by atoms with van der Waals surface area (Å²) in [6, 6.07) is 1.62. The average molecular weight is 376 g/mol. The third-order valence-electron chi connectivity index (χ3n) is 4.77. The zero-order valence-electron chi connectivity index (χ0n) is 16.6. The molecule has 1 aromatic carbocycles. The minimum atomic E-state index is -0.578. The quantitative estimate of drug-likeness (QED) is 0.534. The van der Waals surface area contributed by atoms with Crippen LogP contribution >= 0.6 is 0 Å². The molecule has 0 aromatic heterocycles. The van der Waals surface area contributed by atoms with E-state index in [0.29, 0.717) is 6.42 Å². The van der Waals surface area contributed by atoms with Gasteiger partial charge in [-0.25, -0.2) is 9.59 Å². The van der Waals surface area contributed by atoms with Crippen molar-refractivity contribution >= 4 is 17.9 Å². The fourth-order valence-electron chi connectivity index (χ4n) is 3.56. The minimum absolute atomic E-state index is 0.169. The van der Waals surface area contributed by atoms with Gasteiger partial charge in [0.2, 0.25) is 0 Å². The molecule has 0 saturated heterocycles. The highest BCUT2D eigenvalue weighted by molar-refractivity contribution is 6.05. The number of esters is 3. The Morgan fingerprint density at radius 1 is 0.889 bits per heavy atom. The number of rotatable bonds is 7. The molecule has 0 bridgehead atoms. The maximum absolute atomic E-state index is 12.6. The Bertz CT molecular complexity index is 722. The number of carbonyl (C=O) groups is 3. The molecule has 6 heteroatoms. The number of carbonyl (C=O) groups excluding carboxylic acids is 3. The maximum Gasteiger partial charge on any atom is 0.339 e. The number of hydrogen-bond donors (Lipinski definition) is 0. The van der Waals surface area contributed by atoms with E-state index >= 15 is 0 Å². The van der Waals surface area contributed by atoms with Gasteiger partial charge in [-0.3, -0.25) is 4.79 Å². The van der Waals surface area contributed by atoms with Gasteiger partial charge in [0.05, 0.1) is 36.9 Å². The van der Waals surface area contributed by atoms with Crippen molar-refractivity contribution in [3.05, 3.63) is 33.9 Å². The molecule has 148 valence electrons. The van der Waals surface area contributed by atoms with E-state index in [-0.39, 0.29) is 36.9 Å². The summed E-state index contributed by atoms with van der Waals surface area (Å²) in [4.78, 5) is 37.6. The molecule has 0 N–H and O–H groups in total. The summed E-state index contributed by atoms with van der Waals surface area (Å²) in [6.45, 7) is 7.66. The summed E-state index contributed by atoms with van der Waals surface area (Å²) < 4.78 is 15.5. The summed E-state index contributed by atoms with van der Waals surface area (Å²) in [5.74, 6) is -1.97. The second-order valence-electron chi connectivity index (χ2n) is 6.47. The summed E-state index contributed by atoms with van der Waals surface area (Å²) in [6.07, 6.45) is 3.30. The number of hydrogen-bond acceptors (Lipinski definition) is 6. The molecule has 2 rings (SSSR count). The topological polar surface area (TPSA) is 78.9 Å². The van der Waals surface area contributed by atoms with E-state index in [1.54, 1.807) is 33.8 Å². The zero-order valence-corrected chi connectivity index (χ0v) is 16.6. The van der Waals surface area contributed by atoms with E-state index in [1.807, 2.05) is 0 Å². The molecule has 0 aliphatic heterocycles. The smallest absolute Gasteiger partial charge is 0.339 e. The summed E-state index contributed by atoms with van der Waals surface area (Å²) in [7, 11) is 0. The first-order valence-electron chi connectivity index (χ1n) is 9.65. The molecule has 0 radical (unpaired) electrons. The van der Waals surface area contributed by atoms with Crippen LogP contribution in [0.15, 0.2) is 6.07 Å². The van der Waals surface area contributed by atoms with Crippen molar-refractivity contribution in [3.63, 3.8) is 0 Å². The van der Waals surface area contributed by atoms with Gasteiger partial charge in [-0.05, 0) is 76.1 Å². The third-order valence-corrected chi connectivity index (χ3v) is 4.77. The lowest BCUT2D eigenvalue weighted by Crippen LogP contribution is -2.23. The van der Waals surface area contributed by atoms with Crippen LogP contribution < -0.4 is 0 Å². The van der Waals surface area contributed by atoms with Gasteiger partial charge in [0.25, 0.3) is 0 Å². The molecule has 0 fully saturated rings. The van der Waals surface area contributed by atoms with E-state index in [1.165, 1.54) is 0 Å². The van der Waals surface area contributed by atoms with Crippen LogP contribution in [-0.2, 0) is 31.8 Å². The second-order valence-corrected chi connectivity index (χ2v) is 6.47. The molecule has 1 unspecified atom stereocenters. The summed E-state index contributed by atoms with van der Waals surface area (Å²) in [5, 5.41) is 0. The van der Waals surface area contributed by atoms with Crippen LogP contribution in [0.3, 0.4) is 0 Å². The average Bonchev–Trinajstić information content (AvgIpc) is 2.66. The zero-order chi connectivity index (χ0) is 20.0. The van der Waals surface area contributed by atoms with Gasteiger partial charge >= 0.3 is 17.9 Å². The Morgan fingerprint density at radius 2 is 1.44 bits per heavy atom. The lowest BCUT2D eigenvalue weighted by molar-refractivity contribution is -0.144. The standard InChI is InChI=1S/C21H28O6/c1-5-25-19(22)13(4)16-12-17(20(23)26-6-2)18(21(24)27-7-3)15-11-9-8-10-14(15)16/h12-13H,5-11H2,1-4H3. The van der Waals surface area contributed by atoms with Gasteiger partial charge in [0.15, 0.2) is 0 Å². The van der Waals surface area contributed by atoms with Crippen molar-refractivity contribution < 1.29 is 28.6 Å². The Morgan fingerprint density at radius 3 is 2.04 bits per heavy atom. The predicted octanol–water partition coefficient (Wildman–Crippen LogP) is 3.59. The van der Waals surface area contributed by atoms with Crippen molar-refractivity contribution in [1.29, 1.82) is 0 Å². The summed E-state index contributed by atoms with van der Waals surface area (Å²) >= 11 is 0. The highest BCUT2D eigenvalue weighted by atomic mass is 16.5. The first-order chi connectivity index (χ1) is 13.0. The first-order valence-corrected chi connectivity index (χ1v) is 9.65. The SMILES string of the molecule is CCOC(=O)c1cc(C(C)C(=O)OCC)c2c(c1C(=O)OCC)CCCC2. The third kappa shape index (κ3) is 4.49. The van der Waals surface area contributed by atoms with Crippen molar-refractivity contribution in [2.24, 2.45) is 0 Å². The van der Waals surface area contributed by atoms with E-state index in [4.69, 9.17) is 14.2 Å². The minimum Gasteiger partial charge on any atom is -0.466 e. The Hall–Kier alpha value is -2.37.